The van der Waals surface area contributed by atoms with Gasteiger partial charge in [0.1, 0.15) is 35.4 Å². The first-order valence-electron chi connectivity index (χ1n) is 18.4. The minimum atomic E-state index is -0.418. The van der Waals surface area contributed by atoms with Gasteiger partial charge in [-0.3, -0.25) is 19.8 Å². The average molecular weight is 820 g/mol. The topological polar surface area (TPSA) is 145 Å². The van der Waals surface area contributed by atoms with Gasteiger partial charge >= 0.3 is 0 Å². The van der Waals surface area contributed by atoms with Crippen LogP contribution < -0.4 is 20.6 Å². The smallest absolute Gasteiger partial charge is 0.293 e. The molecule has 0 spiro atoms. The van der Waals surface area contributed by atoms with Crippen LogP contribution in [0.3, 0.4) is 0 Å². The number of fused-ring (bicyclic) bond motifs is 2. The van der Waals surface area contributed by atoms with E-state index in [1.807, 2.05) is 97.1 Å². The highest BCUT2D eigenvalue weighted by molar-refractivity contribution is 6.32. The molecule has 2 N–H and O–H groups in total. The molecule has 286 valence electrons. The lowest BCUT2D eigenvalue weighted by atomic mass is 10.1. The van der Waals surface area contributed by atoms with E-state index in [1.165, 1.54) is 15.1 Å². The van der Waals surface area contributed by atoms with E-state index in [1.54, 1.807) is 0 Å². The first kappa shape index (κ1) is 36.7. The van der Waals surface area contributed by atoms with Gasteiger partial charge in [-0.15, -0.1) is 0 Å². The van der Waals surface area contributed by atoms with Crippen LogP contribution in [0.25, 0.3) is 34.3 Å². The molecule has 15 heteroatoms. The summed E-state index contributed by atoms with van der Waals surface area (Å²) in [4.78, 5) is 43.0. The maximum atomic E-state index is 12.7. The lowest BCUT2D eigenvalue weighted by Gasteiger charge is -2.12. The Hall–Kier alpha value is -5.95. The van der Waals surface area contributed by atoms with Crippen molar-refractivity contribution in [1.82, 2.24) is 39.2 Å². The van der Waals surface area contributed by atoms with E-state index in [0.717, 1.165) is 58.7 Å². The summed E-state index contributed by atoms with van der Waals surface area (Å²) >= 11 is 19.0. The van der Waals surface area contributed by atoms with Gasteiger partial charge in [-0.05, 0) is 61.8 Å². The molecule has 4 heterocycles. The van der Waals surface area contributed by atoms with Gasteiger partial charge in [-0.25, -0.2) is 9.97 Å². The Bertz CT molecular complexity index is 2870. The summed E-state index contributed by atoms with van der Waals surface area (Å²) in [6.45, 7) is 0.234. The highest BCUT2D eigenvalue weighted by Gasteiger charge is 2.30. The predicted octanol–water partition coefficient (Wildman–Crippen LogP) is 9.04. The van der Waals surface area contributed by atoms with Crippen LogP contribution in [0.2, 0.25) is 15.1 Å². The molecule has 2 aliphatic carbocycles. The molecule has 0 saturated heterocycles. The van der Waals surface area contributed by atoms with Gasteiger partial charge in [0.25, 0.3) is 22.7 Å². The predicted molar refractivity (Wildman–Crippen MR) is 219 cm³/mol. The Morgan fingerprint density at radius 3 is 1.65 bits per heavy atom. The molecule has 10 rings (SSSR count). The van der Waals surface area contributed by atoms with Gasteiger partial charge < -0.3 is 9.47 Å². The maximum Gasteiger partial charge on any atom is 0.293 e. The molecular weight excluding hydrogens is 787 g/mol. The second kappa shape index (κ2) is 15.5. The maximum absolute atomic E-state index is 12.7. The second-order valence-electron chi connectivity index (χ2n) is 13.8. The highest BCUT2D eigenvalue weighted by Crippen LogP contribution is 2.48. The van der Waals surface area contributed by atoms with Crippen molar-refractivity contribution in [2.75, 3.05) is 0 Å². The van der Waals surface area contributed by atoms with Crippen molar-refractivity contribution in [3.63, 3.8) is 0 Å². The van der Waals surface area contributed by atoms with E-state index in [9.17, 15) is 9.59 Å². The van der Waals surface area contributed by atoms with Crippen molar-refractivity contribution in [2.45, 2.75) is 50.7 Å². The lowest BCUT2D eigenvalue weighted by Crippen LogP contribution is -2.19. The highest BCUT2D eigenvalue weighted by atomic mass is 35.5. The van der Waals surface area contributed by atoms with Crippen LogP contribution in [0.4, 0.5) is 0 Å². The molecule has 0 bridgehead atoms. The Morgan fingerprint density at radius 1 is 0.596 bits per heavy atom. The molecule has 2 fully saturated rings. The van der Waals surface area contributed by atoms with Gasteiger partial charge in [0, 0.05) is 38.4 Å². The third-order valence-corrected chi connectivity index (χ3v) is 10.8. The van der Waals surface area contributed by atoms with Crippen LogP contribution in [0.15, 0.2) is 113 Å². The number of nitrogens with zero attached hydrogens (tertiary/aromatic N) is 6. The molecule has 2 aliphatic rings. The number of hydrogen-bond donors (Lipinski definition) is 2. The first-order chi connectivity index (χ1) is 27.8. The summed E-state index contributed by atoms with van der Waals surface area (Å²) in [6, 6.07) is 31.8. The fraction of sp³-hybridized carbons (Fsp3) is 0.190. The summed E-state index contributed by atoms with van der Waals surface area (Å²) in [5.74, 6) is 4.03. The zero-order valence-electron chi connectivity index (χ0n) is 30.2. The van der Waals surface area contributed by atoms with Gasteiger partial charge in [-0.2, -0.15) is 19.0 Å². The van der Waals surface area contributed by atoms with Crippen LogP contribution in [0.5, 0.6) is 11.5 Å². The number of aromatic nitrogens is 8. The summed E-state index contributed by atoms with van der Waals surface area (Å²) in [7, 11) is 0. The van der Waals surface area contributed by atoms with Gasteiger partial charge in [0.2, 0.25) is 0 Å². The second-order valence-corrected chi connectivity index (χ2v) is 15.0. The number of aromatic amines is 2. The number of nitrogens with one attached hydrogen (secondary N) is 2. The SMILES string of the molecule is O=c1c(Cl)c(COc2cccc(Cl)c2C2CC2)nc2nc(-c3ccccc3)[nH]n12.O=c1cc(COc2cccc(Cl)c2C2CC2)nc2nc(-c3ccccc3)[nH]n12. The number of rotatable bonds is 10. The molecule has 0 aliphatic heterocycles. The summed E-state index contributed by atoms with van der Waals surface area (Å²) in [5.41, 5.74) is 4.01. The summed E-state index contributed by atoms with van der Waals surface area (Å²) < 4.78 is 14.5. The van der Waals surface area contributed by atoms with Crippen LogP contribution >= 0.6 is 34.8 Å². The minimum Gasteiger partial charge on any atom is -0.487 e. The fourth-order valence-corrected chi connectivity index (χ4v) is 7.43. The summed E-state index contributed by atoms with van der Waals surface area (Å²) in [5, 5.41) is 7.36. The molecule has 0 atom stereocenters. The number of benzene rings is 4. The van der Waals surface area contributed by atoms with Crippen molar-refractivity contribution >= 4 is 46.4 Å². The Kier molecular flexibility index (Phi) is 9.99. The number of ether oxygens (including phenoxy) is 2. The Labute approximate surface area is 340 Å². The molecular formula is C42H33Cl3N8O4. The average Bonchev–Trinajstić information content (AvgIpc) is 4.16. The number of halogens is 3. The van der Waals surface area contributed by atoms with Crippen molar-refractivity contribution in [2.24, 2.45) is 0 Å². The molecule has 0 unspecified atom stereocenters. The summed E-state index contributed by atoms with van der Waals surface area (Å²) in [6.07, 6.45) is 4.45. The third kappa shape index (κ3) is 7.76. The number of H-pyrrole nitrogens is 2. The lowest BCUT2D eigenvalue weighted by molar-refractivity contribution is 0.298. The molecule has 57 heavy (non-hydrogen) atoms. The Balaban J connectivity index is 0.000000148. The minimum absolute atomic E-state index is 0.000705. The van der Waals surface area contributed by atoms with E-state index in [2.05, 4.69) is 30.1 Å². The molecule has 4 aromatic carbocycles. The van der Waals surface area contributed by atoms with Crippen LogP contribution in [0, 0.1) is 0 Å². The molecule has 0 radical (unpaired) electrons. The van der Waals surface area contributed by atoms with E-state index in [0.29, 0.717) is 51.4 Å². The van der Waals surface area contributed by atoms with E-state index < -0.39 is 5.56 Å². The monoisotopic (exact) mass is 818 g/mol. The van der Waals surface area contributed by atoms with Crippen LogP contribution in [-0.4, -0.2) is 39.2 Å². The third-order valence-electron chi connectivity index (χ3n) is 9.72. The normalized spacial score (nSPS) is 13.7. The molecule has 8 aromatic rings. The number of hydrogen-bond acceptors (Lipinski definition) is 8. The zero-order valence-corrected chi connectivity index (χ0v) is 32.4. The Morgan fingerprint density at radius 2 is 1.11 bits per heavy atom. The van der Waals surface area contributed by atoms with E-state index in [-0.39, 0.29) is 29.6 Å². The largest absolute Gasteiger partial charge is 0.487 e. The first-order valence-corrected chi connectivity index (χ1v) is 19.5. The molecule has 0 amide bonds. The molecule has 2 saturated carbocycles. The standard InChI is InChI=1S/C21H16Cl2N4O2.C21H17ClN4O2/c22-14-7-4-8-16(17(14)12-9-10-12)29-11-15-18(23)20(28)27-21(24-15)25-19(26-27)13-5-2-1-3-6-13;22-16-7-4-8-17(19(16)13-9-10-13)28-12-15-11-18(27)26-21(23-15)24-20(25-26)14-5-2-1-3-6-14/h1-8,12H,9-11H2,(H,24,25,26);1-8,11,13H,9-10,12H2,(H,23,24,25). The van der Waals surface area contributed by atoms with Crippen molar-refractivity contribution in [3.05, 3.63) is 161 Å². The van der Waals surface area contributed by atoms with E-state index in [4.69, 9.17) is 44.3 Å². The molecule has 4 aromatic heterocycles. The van der Waals surface area contributed by atoms with Crippen molar-refractivity contribution < 1.29 is 9.47 Å². The molecule has 12 nitrogen and oxygen atoms in total. The zero-order chi connectivity index (χ0) is 39.0. The van der Waals surface area contributed by atoms with Crippen LogP contribution in [-0.2, 0) is 13.2 Å². The van der Waals surface area contributed by atoms with Gasteiger partial charge in [-0.1, -0.05) is 108 Å². The fourth-order valence-electron chi connectivity index (χ4n) is 6.61. The van der Waals surface area contributed by atoms with Gasteiger partial charge in [0.15, 0.2) is 11.6 Å². The van der Waals surface area contributed by atoms with Crippen molar-refractivity contribution in [1.29, 1.82) is 0 Å². The van der Waals surface area contributed by atoms with E-state index >= 15 is 0 Å². The van der Waals surface area contributed by atoms with Gasteiger partial charge in [0.05, 0.1) is 5.69 Å². The van der Waals surface area contributed by atoms with Crippen molar-refractivity contribution in [3.8, 4) is 34.3 Å². The quantitative estimate of drug-likeness (QED) is 0.139. The van der Waals surface area contributed by atoms with Crippen LogP contribution in [0.1, 0.15) is 60.0 Å².